The summed E-state index contributed by atoms with van der Waals surface area (Å²) >= 11 is 0. The molecule has 0 amide bonds. The molecule has 1 atom stereocenters. The number of nitrogen functional groups attached to an aromatic ring is 1. The molecular formula is C14H22N2O. The lowest BCUT2D eigenvalue weighted by molar-refractivity contribution is 0.205. The van der Waals surface area contributed by atoms with Crippen LogP contribution in [0.25, 0.3) is 0 Å². The van der Waals surface area contributed by atoms with Gasteiger partial charge in [-0.2, -0.15) is 0 Å². The van der Waals surface area contributed by atoms with Crippen LogP contribution in [0.3, 0.4) is 0 Å². The molecule has 94 valence electrons. The molecule has 3 nitrogen and oxygen atoms in total. The quantitative estimate of drug-likeness (QED) is 0.611. The van der Waals surface area contributed by atoms with Crippen LogP contribution in [0.4, 0.5) is 5.69 Å². The molecule has 1 unspecified atom stereocenters. The number of rotatable bonds is 2. The van der Waals surface area contributed by atoms with Gasteiger partial charge in [-0.15, -0.1) is 0 Å². The minimum Gasteiger partial charge on any atom is -0.506 e. The second kappa shape index (κ2) is 5.41. The Morgan fingerprint density at radius 2 is 2.18 bits per heavy atom. The molecule has 1 fully saturated rings. The van der Waals surface area contributed by atoms with E-state index in [9.17, 15) is 5.11 Å². The summed E-state index contributed by atoms with van der Waals surface area (Å²) in [5.74, 6) is 0.178. The molecule has 17 heavy (non-hydrogen) atoms. The Kier molecular flexibility index (Phi) is 3.89. The first-order valence-corrected chi connectivity index (χ1v) is 6.48. The molecule has 0 spiro atoms. The van der Waals surface area contributed by atoms with Gasteiger partial charge in [0.05, 0.1) is 5.69 Å². The van der Waals surface area contributed by atoms with Gasteiger partial charge in [-0.1, -0.05) is 18.9 Å². The number of phenolic OH excluding ortho intramolecular Hbond substituents is 1. The van der Waals surface area contributed by atoms with Gasteiger partial charge < -0.3 is 10.8 Å². The van der Waals surface area contributed by atoms with Gasteiger partial charge in [-0.05, 0) is 44.0 Å². The van der Waals surface area contributed by atoms with E-state index in [0.29, 0.717) is 11.7 Å². The molecule has 1 heterocycles. The summed E-state index contributed by atoms with van der Waals surface area (Å²) in [6, 6.07) is 6.18. The highest BCUT2D eigenvalue weighted by Crippen LogP contribution is 2.23. The molecule has 0 aliphatic carbocycles. The zero-order valence-corrected chi connectivity index (χ0v) is 10.5. The van der Waals surface area contributed by atoms with Crippen molar-refractivity contribution >= 4 is 5.69 Å². The van der Waals surface area contributed by atoms with Crippen molar-refractivity contribution in [2.45, 2.75) is 45.2 Å². The molecule has 0 aromatic heterocycles. The first kappa shape index (κ1) is 12.2. The molecule has 3 N–H and O–H groups in total. The fourth-order valence-corrected chi connectivity index (χ4v) is 2.51. The van der Waals surface area contributed by atoms with Crippen LogP contribution in [-0.2, 0) is 6.54 Å². The Morgan fingerprint density at radius 1 is 1.35 bits per heavy atom. The number of hydrogen-bond acceptors (Lipinski definition) is 3. The van der Waals surface area contributed by atoms with Crippen LogP contribution in [-0.4, -0.2) is 22.6 Å². The van der Waals surface area contributed by atoms with Crippen LogP contribution in [0.1, 0.15) is 38.2 Å². The van der Waals surface area contributed by atoms with Gasteiger partial charge >= 0.3 is 0 Å². The molecule has 0 radical (unpaired) electrons. The number of likely N-dealkylation sites (tertiary alicyclic amines) is 1. The van der Waals surface area contributed by atoms with Crippen molar-refractivity contribution in [2.24, 2.45) is 0 Å². The van der Waals surface area contributed by atoms with Crippen LogP contribution in [0.5, 0.6) is 5.75 Å². The molecule has 1 aromatic carbocycles. The van der Waals surface area contributed by atoms with Gasteiger partial charge in [0.15, 0.2) is 0 Å². The predicted molar refractivity (Wildman–Crippen MR) is 70.9 cm³/mol. The lowest BCUT2D eigenvalue weighted by Crippen LogP contribution is -2.31. The third kappa shape index (κ3) is 3.13. The standard InChI is InChI=1S/C14H22N2O/c1-11-5-3-2-4-8-16(11)10-12-6-7-14(17)13(15)9-12/h6-7,9,11,17H,2-5,8,10,15H2,1H3. The minimum absolute atomic E-state index is 0.178. The highest BCUT2D eigenvalue weighted by molar-refractivity contribution is 5.53. The second-order valence-corrected chi connectivity index (χ2v) is 5.06. The molecule has 1 aliphatic rings. The Hall–Kier alpha value is -1.22. The van der Waals surface area contributed by atoms with Crippen molar-refractivity contribution in [2.75, 3.05) is 12.3 Å². The van der Waals surface area contributed by atoms with E-state index in [0.717, 1.165) is 6.54 Å². The smallest absolute Gasteiger partial charge is 0.138 e. The first-order chi connectivity index (χ1) is 8.16. The number of nitrogens with zero attached hydrogens (tertiary/aromatic N) is 1. The molecule has 2 rings (SSSR count). The van der Waals surface area contributed by atoms with Gasteiger partial charge in [0.1, 0.15) is 5.75 Å². The average molecular weight is 234 g/mol. The number of benzene rings is 1. The number of anilines is 1. The van der Waals surface area contributed by atoms with Crippen molar-refractivity contribution in [3.63, 3.8) is 0 Å². The fourth-order valence-electron chi connectivity index (χ4n) is 2.51. The third-order valence-electron chi connectivity index (χ3n) is 3.67. The van der Waals surface area contributed by atoms with Gasteiger partial charge in [0.2, 0.25) is 0 Å². The maximum absolute atomic E-state index is 9.41. The molecule has 1 aliphatic heterocycles. The molecule has 3 heteroatoms. The van der Waals surface area contributed by atoms with E-state index in [1.54, 1.807) is 6.07 Å². The number of hydrogen-bond donors (Lipinski definition) is 2. The molecule has 0 saturated carbocycles. The Morgan fingerprint density at radius 3 is 2.94 bits per heavy atom. The lowest BCUT2D eigenvalue weighted by atomic mass is 10.1. The largest absolute Gasteiger partial charge is 0.506 e. The predicted octanol–water partition coefficient (Wildman–Crippen LogP) is 2.74. The van der Waals surface area contributed by atoms with E-state index in [1.165, 1.54) is 37.8 Å². The maximum Gasteiger partial charge on any atom is 0.138 e. The summed E-state index contributed by atoms with van der Waals surface area (Å²) in [4.78, 5) is 2.51. The van der Waals surface area contributed by atoms with Crippen molar-refractivity contribution < 1.29 is 5.11 Å². The van der Waals surface area contributed by atoms with Crippen molar-refractivity contribution in [3.05, 3.63) is 23.8 Å². The monoisotopic (exact) mass is 234 g/mol. The zero-order valence-electron chi connectivity index (χ0n) is 10.5. The van der Waals surface area contributed by atoms with E-state index in [-0.39, 0.29) is 5.75 Å². The van der Waals surface area contributed by atoms with E-state index in [2.05, 4.69) is 11.8 Å². The Balaban J connectivity index is 2.05. The number of aromatic hydroxyl groups is 1. The number of phenols is 1. The molecule has 0 bridgehead atoms. The van der Waals surface area contributed by atoms with E-state index >= 15 is 0 Å². The van der Waals surface area contributed by atoms with Gasteiger partial charge in [0.25, 0.3) is 0 Å². The maximum atomic E-state index is 9.41. The number of nitrogens with two attached hydrogens (primary N) is 1. The minimum atomic E-state index is 0.178. The highest BCUT2D eigenvalue weighted by Gasteiger charge is 2.16. The fraction of sp³-hybridized carbons (Fsp3) is 0.571. The summed E-state index contributed by atoms with van der Waals surface area (Å²) in [7, 11) is 0. The summed E-state index contributed by atoms with van der Waals surface area (Å²) in [5.41, 5.74) is 7.39. The van der Waals surface area contributed by atoms with Gasteiger partial charge in [0, 0.05) is 12.6 Å². The van der Waals surface area contributed by atoms with Crippen molar-refractivity contribution in [1.29, 1.82) is 0 Å². The van der Waals surface area contributed by atoms with Gasteiger partial charge in [-0.3, -0.25) is 4.90 Å². The van der Waals surface area contributed by atoms with Crippen LogP contribution in [0.15, 0.2) is 18.2 Å². The normalized spacial score (nSPS) is 22.3. The summed E-state index contributed by atoms with van der Waals surface area (Å²) < 4.78 is 0. The summed E-state index contributed by atoms with van der Waals surface area (Å²) in [5, 5.41) is 9.41. The SMILES string of the molecule is CC1CCCCCN1Cc1ccc(O)c(N)c1. The van der Waals surface area contributed by atoms with Crippen molar-refractivity contribution in [3.8, 4) is 5.75 Å². The van der Waals surface area contributed by atoms with Crippen LogP contribution in [0, 0.1) is 0 Å². The van der Waals surface area contributed by atoms with Crippen LogP contribution >= 0.6 is 0 Å². The first-order valence-electron chi connectivity index (χ1n) is 6.48. The molecular weight excluding hydrogens is 212 g/mol. The zero-order chi connectivity index (χ0) is 12.3. The van der Waals surface area contributed by atoms with Crippen LogP contribution < -0.4 is 5.73 Å². The van der Waals surface area contributed by atoms with Crippen LogP contribution in [0.2, 0.25) is 0 Å². The Labute approximate surface area is 103 Å². The average Bonchev–Trinajstić information content (AvgIpc) is 2.50. The van der Waals surface area contributed by atoms with E-state index in [4.69, 9.17) is 5.73 Å². The lowest BCUT2D eigenvalue weighted by Gasteiger charge is -2.27. The van der Waals surface area contributed by atoms with Crippen molar-refractivity contribution in [1.82, 2.24) is 4.90 Å². The van der Waals surface area contributed by atoms with E-state index in [1.807, 2.05) is 12.1 Å². The second-order valence-electron chi connectivity index (χ2n) is 5.06. The summed E-state index contributed by atoms with van der Waals surface area (Å²) in [6.45, 7) is 4.41. The third-order valence-corrected chi connectivity index (χ3v) is 3.67. The molecule has 1 saturated heterocycles. The van der Waals surface area contributed by atoms with E-state index < -0.39 is 0 Å². The van der Waals surface area contributed by atoms with Gasteiger partial charge in [-0.25, -0.2) is 0 Å². The molecule has 1 aromatic rings. The Bertz CT molecular complexity index is 378. The topological polar surface area (TPSA) is 49.5 Å². The highest BCUT2D eigenvalue weighted by atomic mass is 16.3. The summed E-state index contributed by atoms with van der Waals surface area (Å²) in [6.07, 6.45) is 5.26.